The molecule has 10 heteroatoms. The second-order valence-electron chi connectivity index (χ2n) is 10.2. The molecule has 5 N–H and O–H groups in total. The quantitative estimate of drug-likeness (QED) is 0.0583. The van der Waals surface area contributed by atoms with E-state index >= 15 is 0 Å². The number of benzene rings is 1. The van der Waals surface area contributed by atoms with Crippen LogP contribution in [0.3, 0.4) is 0 Å². The highest BCUT2D eigenvalue weighted by Crippen LogP contribution is 2.42. The van der Waals surface area contributed by atoms with Crippen LogP contribution < -0.4 is 21.3 Å². The fourth-order valence-corrected chi connectivity index (χ4v) is 7.10. The van der Waals surface area contributed by atoms with E-state index in [2.05, 4.69) is 81.4 Å². The number of hydrogen-bond donors (Lipinski definition) is 4. The van der Waals surface area contributed by atoms with E-state index in [4.69, 9.17) is 10.5 Å². The Morgan fingerprint density at radius 2 is 1.80 bits per heavy atom. The van der Waals surface area contributed by atoms with Crippen molar-refractivity contribution in [2.24, 2.45) is 5.92 Å². The number of aromatic nitrogens is 1. The minimum absolute atomic E-state index is 0.0811. The molecule has 2 aromatic heterocycles. The highest BCUT2D eigenvalue weighted by molar-refractivity contribution is 8.00. The van der Waals surface area contributed by atoms with Crippen molar-refractivity contribution in [3.8, 4) is 5.75 Å². The third-order valence-corrected chi connectivity index (χ3v) is 9.60. The summed E-state index contributed by atoms with van der Waals surface area (Å²) in [6, 6.07) is 7.97. The number of thiophene rings is 1. The van der Waals surface area contributed by atoms with Crippen molar-refractivity contribution in [2.45, 2.75) is 89.9 Å². The van der Waals surface area contributed by atoms with Gasteiger partial charge >= 0.3 is 0 Å². The SMILES string of the molecule is C=C.C=CC=CC(C)C.CC.CCC.COc1ccc(C2Cc3c(C(=O)NCc4cnc(N)s4)sc(SC)c3CC(NO)C2)cc1. The van der Waals surface area contributed by atoms with Crippen LogP contribution in [-0.4, -0.2) is 35.5 Å². The average Bonchev–Trinajstić information content (AvgIpc) is 3.60. The molecule has 2 heterocycles. The molecule has 0 saturated carbocycles. The second-order valence-corrected chi connectivity index (χ2v) is 13.5. The number of allylic oxidation sites excluding steroid dienone is 3. The number of nitrogens with zero attached hydrogens (tertiary/aromatic N) is 1. The third kappa shape index (κ3) is 14.7. The fourth-order valence-electron chi connectivity index (χ4n) is 4.43. The lowest BCUT2D eigenvalue weighted by Crippen LogP contribution is -2.29. The van der Waals surface area contributed by atoms with E-state index < -0.39 is 0 Å². The van der Waals surface area contributed by atoms with Crippen LogP contribution in [0.15, 0.2) is 72.6 Å². The normalized spacial score (nSPS) is 14.8. The number of thiazole rings is 1. The zero-order valence-corrected chi connectivity index (χ0v) is 31.5. The van der Waals surface area contributed by atoms with Crippen molar-refractivity contribution in [3.63, 3.8) is 0 Å². The molecule has 1 aliphatic rings. The molecule has 1 aromatic carbocycles. The maximum absolute atomic E-state index is 13.2. The zero-order chi connectivity index (χ0) is 35.1. The Balaban J connectivity index is 0.00000124. The van der Waals surface area contributed by atoms with Crippen LogP contribution in [0.25, 0.3) is 0 Å². The lowest BCUT2D eigenvalue weighted by molar-refractivity contribution is 0.0954. The Hall–Kier alpha value is -2.89. The van der Waals surface area contributed by atoms with Crippen LogP contribution in [-0.2, 0) is 19.4 Å². The van der Waals surface area contributed by atoms with Crippen molar-refractivity contribution in [3.05, 3.63) is 94.9 Å². The van der Waals surface area contributed by atoms with Crippen molar-refractivity contribution in [1.82, 2.24) is 15.8 Å². The lowest BCUT2D eigenvalue weighted by atomic mass is 9.89. The Labute approximate surface area is 290 Å². The molecule has 1 amide bonds. The average molecular weight is 689 g/mol. The Kier molecular flexibility index (Phi) is 23.6. The number of rotatable bonds is 9. The Bertz CT molecular complexity index is 1290. The molecule has 256 valence electrons. The molecule has 0 radical (unpaired) electrons. The number of nitrogen functional groups attached to an aromatic ring is 1. The third-order valence-electron chi connectivity index (χ3n) is 6.34. The van der Waals surface area contributed by atoms with Crippen LogP contribution in [0.4, 0.5) is 5.13 Å². The van der Waals surface area contributed by atoms with E-state index in [1.54, 1.807) is 31.1 Å². The second kappa shape index (κ2) is 25.2. The number of fused-ring (bicyclic) bond motifs is 1. The number of methoxy groups -OCH3 is 1. The lowest BCUT2D eigenvalue weighted by Gasteiger charge is -2.20. The maximum atomic E-state index is 13.2. The van der Waals surface area contributed by atoms with E-state index in [1.165, 1.54) is 34.7 Å². The topological polar surface area (TPSA) is 110 Å². The van der Waals surface area contributed by atoms with Gasteiger partial charge in [0.1, 0.15) is 5.75 Å². The van der Waals surface area contributed by atoms with E-state index in [1.807, 2.05) is 38.3 Å². The minimum atomic E-state index is -0.0834. The van der Waals surface area contributed by atoms with E-state index in [-0.39, 0.29) is 17.9 Å². The number of carbonyl (C=O) groups excluding carboxylic acids is 1. The number of thioether (sulfide) groups is 1. The highest BCUT2D eigenvalue weighted by atomic mass is 32.2. The fraction of sp³-hybridized carbons (Fsp3) is 0.444. The van der Waals surface area contributed by atoms with Crippen molar-refractivity contribution in [1.29, 1.82) is 0 Å². The first-order valence-corrected chi connectivity index (χ1v) is 18.6. The molecule has 0 saturated heterocycles. The predicted octanol–water partition coefficient (Wildman–Crippen LogP) is 9.70. The molecule has 46 heavy (non-hydrogen) atoms. The first-order valence-electron chi connectivity index (χ1n) is 15.7. The number of hydroxylamine groups is 1. The highest BCUT2D eigenvalue weighted by Gasteiger charge is 2.31. The zero-order valence-electron chi connectivity index (χ0n) is 29.0. The molecule has 0 bridgehead atoms. The van der Waals surface area contributed by atoms with E-state index in [9.17, 15) is 10.0 Å². The van der Waals surface area contributed by atoms with Crippen LogP contribution in [0.2, 0.25) is 0 Å². The largest absolute Gasteiger partial charge is 0.497 e. The number of ether oxygens (including phenoxy) is 1. The predicted molar refractivity (Wildman–Crippen MR) is 203 cm³/mol. The molecule has 7 nitrogen and oxygen atoms in total. The van der Waals surface area contributed by atoms with Gasteiger partial charge < -0.3 is 21.0 Å². The molecule has 1 aliphatic carbocycles. The number of nitrogens with one attached hydrogen (secondary N) is 2. The van der Waals surface area contributed by atoms with Gasteiger partial charge in [0.15, 0.2) is 5.13 Å². The van der Waals surface area contributed by atoms with Crippen LogP contribution in [0, 0.1) is 5.92 Å². The molecule has 0 aliphatic heterocycles. The van der Waals surface area contributed by atoms with E-state index in [0.717, 1.165) is 43.7 Å². The van der Waals surface area contributed by atoms with Gasteiger partial charge in [0.2, 0.25) is 0 Å². The van der Waals surface area contributed by atoms with Crippen LogP contribution in [0.5, 0.6) is 5.75 Å². The summed E-state index contributed by atoms with van der Waals surface area (Å²) >= 11 is 4.56. The first kappa shape index (κ1) is 43.1. The van der Waals surface area contributed by atoms with Crippen molar-refractivity contribution in [2.75, 3.05) is 19.1 Å². The summed E-state index contributed by atoms with van der Waals surface area (Å²) < 4.78 is 6.42. The van der Waals surface area contributed by atoms with Crippen molar-refractivity contribution >= 4 is 45.5 Å². The summed E-state index contributed by atoms with van der Waals surface area (Å²) in [4.78, 5) is 18.9. The summed E-state index contributed by atoms with van der Waals surface area (Å²) in [5, 5.41) is 13.3. The number of anilines is 1. The summed E-state index contributed by atoms with van der Waals surface area (Å²) in [5.74, 6) is 1.55. The molecule has 4 rings (SSSR count). The number of nitrogens with two attached hydrogens (primary N) is 1. The molecular formula is C36H56N4O3S3. The van der Waals surface area contributed by atoms with Gasteiger partial charge in [-0.05, 0) is 66.2 Å². The molecule has 3 aromatic rings. The summed E-state index contributed by atoms with van der Waals surface area (Å²) in [6.07, 6.45) is 13.0. The molecule has 0 fully saturated rings. The standard InChI is InChI=1S/C22H26N4O3S3.C7H12.C3H8.C2H6.C2H4/c1-29-15-5-3-12(4-6-15)13-7-14(26-28)9-18-17(8-13)19(32-21(18)30-2)20(27)24-10-16-11-25-22(23)31-16;1-4-5-6-7(2)3;1-3-2;2*1-2/h3-6,11,13-14,26,28H,7-10H2,1-2H3,(H2,23,25)(H,24,27);4-7H,1H2,2-3H3;3H2,1-2H3;1-2H3;1-2H2. The maximum Gasteiger partial charge on any atom is 0.261 e. The van der Waals surface area contributed by atoms with Crippen molar-refractivity contribution < 1.29 is 14.7 Å². The first-order chi connectivity index (χ1) is 22.2. The van der Waals surface area contributed by atoms with Gasteiger partial charge in [-0.15, -0.1) is 47.6 Å². The van der Waals surface area contributed by atoms with Gasteiger partial charge in [-0.1, -0.05) is 84.9 Å². The monoisotopic (exact) mass is 688 g/mol. The van der Waals surface area contributed by atoms with Gasteiger partial charge in [-0.25, -0.2) is 10.5 Å². The van der Waals surface area contributed by atoms with Gasteiger partial charge in [-0.3, -0.25) is 4.79 Å². The molecule has 0 spiro atoms. The molecule has 2 atom stereocenters. The Morgan fingerprint density at radius 1 is 1.17 bits per heavy atom. The van der Waals surface area contributed by atoms with Gasteiger partial charge in [-0.2, -0.15) is 0 Å². The smallest absolute Gasteiger partial charge is 0.261 e. The number of carbonyl (C=O) groups is 1. The summed E-state index contributed by atoms with van der Waals surface area (Å²) in [5.41, 5.74) is 11.6. The van der Waals surface area contributed by atoms with Gasteiger partial charge in [0.05, 0.1) is 22.7 Å². The van der Waals surface area contributed by atoms with Crippen LogP contribution in [0.1, 0.15) is 91.5 Å². The van der Waals surface area contributed by atoms with Gasteiger partial charge in [0.25, 0.3) is 5.91 Å². The van der Waals surface area contributed by atoms with Crippen LogP contribution >= 0.6 is 34.4 Å². The van der Waals surface area contributed by atoms with Gasteiger partial charge in [0, 0.05) is 17.1 Å². The molecule has 2 unspecified atom stereocenters. The Morgan fingerprint density at radius 3 is 2.26 bits per heavy atom. The van der Waals surface area contributed by atoms with E-state index in [0.29, 0.717) is 24.0 Å². The number of hydrogen-bond acceptors (Lipinski definition) is 9. The minimum Gasteiger partial charge on any atom is -0.497 e. The summed E-state index contributed by atoms with van der Waals surface area (Å²) in [7, 11) is 1.65. The number of amides is 1. The summed E-state index contributed by atoms with van der Waals surface area (Å²) in [6.45, 7) is 22.5. The molecular weight excluding hydrogens is 633 g/mol.